The number of amides is 1. The number of halogens is 6. The zero-order valence-corrected chi connectivity index (χ0v) is 20.6. The largest absolute Gasteiger partial charge is 0.479 e. The number of hydrogen-bond acceptors (Lipinski definition) is 6. The lowest BCUT2D eigenvalue weighted by Crippen LogP contribution is -2.60. The van der Waals surface area contributed by atoms with Gasteiger partial charge in [0.15, 0.2) is 12.2 Å². The minimum atomic E-state index is -4.63. The summed E-state index contributed by atoms with van der Waals surface area (Å²) < 4.78 is 88.0. The van der Waals surface area contributed by atoms with Gasteiger partial charge in [-0.2, -0.15) is 26.3 Å². The Morgan fingerprint density at radius 3 is 2.37 bits per heavy atom. The number of nitrogens with zero attached hydrogens (tertiary/aromatic N) is 3. The minimum absolute atomic E-state index is 0.0696. The molecule has 0 bridgehead atoms. The van der Waals surface area contributed by atoms with E-state index in [9.17, 15) is 41.0 Å². The highest BCUT2D eigenvalue weighted by atomic mass is 19.4. The number of ether oxygens (including phenoxy) is 2. The van der Waals surface area contributed by atoms with Crippen LogP contribution in [0.3, 0.4) is 0 Å². The maximum absolute atomic E-state index is 13.4. The van der Waals surface area contributed by atoms with E-state index in [1.807, 2.05) is 0 Å². The zero-order chi connectivity index (χ0) is 27.9. The Balaban J connectivity index is 1.38. The van der Waals surface area contributed by atoms with Crippen LogP contribution in [-0.2, 0) is 27.0 Å². The highest BCUT2D eigenvalue weighted by molar-refractivity contribution is 5.74. The number of hydrogen-bond donors (Lipinski definition) is 1. The number of morpholine rings is 1. The van der Waals surface area contributed by atoms with Crippen LogP contribution < -0.4 is 4.90 Å². The van der Waals surface area contributed by atoms with E-state index in [0.29, 0.717) is 43.7 Å². The monoisotopic (exact) mass is 553 g/mol. The van der Waals surface area contributed by atoms with Crippen molar-refractivity contribution in [1.29, 1.82) is 0 Å². The van der Waals surface area contributed by atoms with E-state index >= 15 is 0 Å². The van der Waals surface area contributed by atoms with Crippen LogP contribution in [0.2, 0.25) is 0 Å². The van der Waals surface area contributed by atoms with Crippen LogP contribution in [0.15, 0.2) is 18.2 Å². The number of piperidine rings is 1. The lowest BCUT2D eigenvalue weighted by atomic mass is 9.72. The molecule has 0 aliphatic carbocycles. The molecule has 3 aliphatic rings. The molecule has 0 radical (unpaired) electrons. The smallest absolute Gasteiger partial charge is 0.425 e. The number of carbonyl (C=O) groups excluding carboxylic acids is 1. The third kappa shape index (κ3) is 6.28. The third-order valence-corrected chi connectivity index (χ3v) is 7.43. The van der Waals surface area contributed by atoms with Crippen molar-refractivity contribution in [1.82, 2.24) is 9.80 Å². The van der Waals surface area contributed by atoms with E-state index in [1.165, 1.54) is 11.0 Å². The van der Waals surface area contributed by atoms with Gasteiger partial charge in [0.2, 0.25) is 0 Å². The van der Waals surface area contributed by atoms with E-state index in [4.69, 9.17) is 4.74 Å². The molecule has 3 heterocycles. The summed E-state index contributed by atoms with van der Waals surface area (Å²) in [6.07, 6.45) is -12.4. The number of aliphatic carboxylic acids is 1. The lowest BCUT2D eigenvalue weighted by Gasteiger charge is -2.54. The Labute approximate surface area is 215 Å². The van der Waals surface area contributed by atoms with Crippen molar-refractivity contribution in [2.75, 3.05) is 50.8 Å². The maximum atomic E-state index is 13.4. The molecular formula is C24H29F6N3O5. The highest BCUT2D eigenvalue weighted by Crippen LogP contribution is 2.42. The first kappa shape index (κ1) is 28.3. The zero-order valence-electron chi connectivity index (χ0n) is 20.6. The second-order valence-corrected chi connectivity index (χ2v) is 10.2. The molecule has 0 saturated carbocycles. The molecule has 1 N–H and O–H groups in total. The molecule has 1 aromatic carbocycles. The molecule has 2 atom stereocenters. The number of carboxylic acids is 1. The van der Waals surface area contributed by atoms with Gasteiger partial charge in [0.25, 0.3) is 0 Å². The molecule has 3 fully saturated rings. The number of carboxylic acid groups (broad SMARTS) is 1. The van der Waals surface area contributed by atoms with E-state index < -0.39 is 42.2 Å². The molecule has 1 aromatic rings. The van der Waals surface area contributed by atoms with E-state index in [2.05, 4.69) is 9.64 Å². The molecule has 4 rings (SSSR count). The molecule has 3 aliphatic heterocycles. The van der Waals surface area contributed by atoms with Crippen LogP contribution in [0.4, 0.5) is 36.8 Å². The summed E-state index contributed by atoms with van der Waals surface area (Å²) >= 11 is 0. The average molecular weight is 554 g/mol. The number of benzene rings is 1. The van der Waals surface area contributed by atoms with Crippen molar-refractivity contribution in [2.45, 2.75) is 50.9 Å². The maximum Gasteiger partial charge on any atom is 0.425 e. The number of alkyl halides is 6. The summed E-state index contributed by atoms with van der Waals surface area (Å²) in [4.78, 5) is 28.4. The average Bonchev–Trinajstić information content (AvgIpc) is 2.82. The summed E-state index contributed by atoms with van der Waals surface area (Å²) in [6, 6.07) is 3.46. The second-order valence-electron chi connectivity index (χ2n) is 10.2. The molecule has 1 amide bonds. The molecule has 38 heavy (non-hydrogen) atoms. The van der Waals surface area contributed by atoms with E-state index in [1.54, 1.807) is 4.90 Å². The van der Waals surface area contributed by atoms with E-state index in [-0.39, 0.29) is 38.2 Å². The quantitative estimate of drug-likeness (QED) is 0.553. The van der Waals surface area contributed by atoms with Gasteiger partial charge < -0.3 is 24.4 Å². The lowest BCUT2D eigenvalue weighted by molar-refractivity contribution is -0.200. The van der Waals surface area contributed by atoms with Crippen LogP contribution >= 0.6 is 0 Å². The minimum Gasteiger partial charge on any atom is -0.479 e. The molecule has 3 saturated heterocycles. The Morgan fingerprint density at radius 1 is 1.13 bits per heavy atom. The first-order chi connectivity index (χ1) is 17.7. The normalized spacial score (nSPS) is 23.2. The molecule has 2 unspecified atom stereocenters. The van der Waals surface area contributed by atoms with Crippen molar-refractivity contribution < 1.29 is 50.5 Å². The number of likely N-dealkylation sites (tertiary alicyclic amines) is 2. The van der Waals surface area contributed by atoms with Gasteiger partial charge in [-0.15, -0.1) is 0 Å². The first-order valence-electron chi connectivity index (χ1n) is 12.2. The Hall–Kier alpha value is -2.74. The molecule has 0 aromatic heterocycles. The highest BCUT2D eigenvalue weighted by Gasteiger charge is 2.47. The van der Waals surface area contributed by atoms with Crippen LogP contribution in [-0.4, -0.2) is 91.2 Å². The van der Waals surface area contributed by atoms with Crippen molar-refractivity contribution in [3.8, 4) is 0 Å². The Morgan fingerprint density at radius 2 is 1.79 bits per heavy atom. The topological polar surface area (TPSA) is 82.5 Å². The number of anilines is 1. The predicted octanol–water partition coefficient (Wildman–Crippen LogP) is 3.98. The fourth-order valence-electron chi connectivity index (χ4n) is 5.21. The van der Waals surface area contributed by atoms with Gasteiger partial charge in [-0.05, 0) is 42.9 Å². The molecule has 14 heteroatoms. The summed E-state index contributed by atoms with van der Waals surface area (Å²) in [5.74, 6) is -1.18. The fourth-order valence-corrected chi connectivity index (χ4v) is 5.21. The van der Waals surface area contributed by atoms with Crippen LogP contribution in [0.5, 0.6) is 0 Å². The fraction of sp³-hybridized carbons (Fsp3) is 0.667. The summed E-state index contributed by atoms with van der Waals surface area (Å²) in [5, 5.41) is 9.30. The van der Waals surface area contributed by atoms with Gasteiger partial charge in [-0.25, -0.2) is 9.59 Å². The van der Waals surface area contributed by atoms with Gasteiger partial charge >= 0.3 is 24.4 Å². The van der Waals surface area contributed by atoms with Crippen LogP contribution in [0.1, 0.15) is 30.9 Å². The standard InChI is InChI=1S/C24H29F6N3O5/c1-15(23(25,26)27)38-21(36)32-6-4-22(5-7-32)13-31(14-22)11-16-2-3-17(24(28,29)30)10-18(16)33-8-9-37-19(12-33)20(34)35/h2-3,10,15,19H,4-9,11-14H2,1H3,(H,34,35). The SMILES string of the molecule is CC(OC(=O)N1CCC2(CC1)CN(Cc1ccc(C(F)(F)F)cc1N1CCOC(C(=O)O)C1)C2)C(F)(F)F. The van der Waals surface area contributed by atoms with Gasteiger partial charge in [-0.3, -0.25) is 4.90 Å². The molecular weight excluding hydrogens is 524 g/mol. The second kappa shape index (κ2) is 10.4. The summed E-state index contributed by atoms with van der Waals surface area (Å²) in [5.41, 5.74) is -0.0206. The first-order valence-corrected chi connectivity index (χ1v) is 12.2. The molecule has 8 nitrogen and oxygen atoms in total. The van der Waals surface area contributed by atoms with Crippen molar-refractivity contribution >= 4 is 17.7 Å². The van der Waals surface area contributed by atoms with Gasteiger partial charge in [-0.1, -0.05) is 6.07 Å². The van der Waals surface area contributed by atoms with Gasteiger partial charge in [0, 0.05) is 45.0 Å². The van der Waals surface area contributed by atoms with Crippen molar-refractivity contribution in [3.05, 3.63) is 29.3 Å². The van der Waals surface area contributed by atoms with Crippen LogP contribution in [0, 0.1) is 5.41 Å². The predicted molar refractivity (Wildman–Crippen MR) is 122 cm³/mol. The van der Waals surface area contributed by atoms with Gasteiger partial charge in [0.05, 0.1) is 18.7 Å². The summed E-state index contributed by atoms with van der Waals surface area (Å²) in [6.45, 7) is 3.13. The van der Waals surface area contributed by atoms with Crippen LogP contribution in [0.25, 0.3) is 0 Å². The Bertz CT molecular complexity index is 1030. The number of carbonyl (C=O) groups is 2. The third-order valence-electron chi connectivity index (χ3n) is 7.43. The summed E-state index contributed by atoms with van der Waals surface area (Å²) in [7, 11) is 0. The molecule has 212 valence electrons. The van der Waals surface area contributed by atoms with Gasteiger partial charge in [0.1, 0.15) is 0 Å². The molecule has 1 spiro atoms. The van der Waals surface area contributed by atoms with Crippen molar-refractivity contribution in [2.24, 2.45) is 5.41 Å². The Kier molecular flexibility index (Phi) is 7.77. The number of rotatable bonds is 5. The van der Waals surface area contributed by atoms with Crippen molar-refractivity contribution in [3.63, 3.8) is 0 Å². The van der Waals surface area contributed by atoms with E-state index in [0.717, 1.165) is 19.1 Å².